The Bertz CT molecular complexity index is 917. The molecule has 0 radical (unpaired) electrons. The predicted octanol–water partition coefficient (Wildman–Crippen LogP) is 6.22. The minimum absolute atomic E-state index is 0.102. The smallest absolute Gasteiger partial charge is 0.0774 e. The summed E-state index contributed by atoms with van der Waals surface area (Å²) in [4.78, 5) is 2.49. The first-order chi connectivity index (χ1) is 14.2. The Kier molecular flexibility index (Phi) is 6.89. The van der Waals surface area contributed by atoms with Crippen molar-refractivity contribution in [2.24, 2.45) is 0 Å². The molecule has 150 valence electrons. The highest BCUT2D eigenvalue weighted by molar-refractivity contribution is 6.33. The van der Waals surface area contributed by atoms with Crippen LogP contribution in [0.1, 0.15) is 22.6 Å². The minimum Gasteiger partial charge on any atom is -0.375 e. The molecule has 0 aromatic heterocycles. The van der Waals surface area contributed by atoms with Crippen LogP contribution in [0.5, 0.6) is 0 Å². The molecule has 0 N–H and O–H groups in total. The molecule has 0 spiro atoms. The summed E-state index contributed by atoms with van der Waals surface area (Å²) in [5.74, 6) is 0.214. The summed E-state index contributed by atoms with van der Waals surface area (Å²) in [5, 5.41) is 1.47. The molecule has 2 nitrogen and oxygen atoms in total. The zero-order valence-corrected chi connectivity index (χ0v) is 17.8. The molecule has 29 heavy (non-hydrogen) atoms. The highest BCUT2D eigenvalue weighted by atomic mass is 35.5. The average Bonchev–Trinajstić information content (AvgIpc) is 2.76. The standard InChI is InChI=1S/C25H25Cl2NO/c26-22-11-12-24(27)21(15-22)16-23(20-9-5-2-6-10-20)25-18-28(13-14-29-25)17-19-7-3-1-4-8-19/h1-12,15,23,25H,13-14,16-18H2/t23-,25?/m0/s1. The van der Waals surface area contributed by atoms with Gasteiger partial charge in [0.2, 0.25) is 0 Å². The Balaban J connectivity index is 1.56. The van der Waals surface area contributed by atoms with Gasteiger partial charge < -0.3 is 4.74 Å². The SMILES string of the molecule is Clc1ccc(Cl)c(C[C@@H](c2ccccc2)C2CN(Cc3ccccc3)CCO2)c1. The lowest BCUT2D eigenvalue weighted by molar-refractivity contribution is -0.0444. The van der Waals surface area contributed by atoms with Crippen molar-refractivity contribution in [3.8, 4) is 0 Å². The van der Waals surface area contributed by atoms with Crippen molar-refractivity contribution in [3.05, 3.63) is 106 Å². The molecule has 0 saturated carbocycles. The van der Waals surface area contributed by atoms with E-state index in [2.05, 4.69) is 65.6 Å². The van der Waals surface area contributed by atoms with Crippen molar-refractivity contribution in [2.45, 2.75) is 25.0 Å². The molecule has 0 amide bonds. The first-order valence-corrected chi connectivity index (χ1v) is 10.8. The van der Waals surface area contributed by atoms with Crippen LogP contribution in [0.3, 0.4) is 0 Å². The summed E-state index contributed by atoms with van der Waals surface area (Å²) in [6.45, 7) is 3.53. The summed E-state index contributed by atoms with van der Waals surface area (Å²) in [7, 11) is 0. The van der Waals surface area contributed by atoms with Gasteiger partial charge in [-0.2, -0.15) is 0 Å². The van der Waals surface area contributed by atoms with E-state index >= 15 is 0 Å². The van der Waals surface area contributed by atoms with Crippen LogP contribution in [0.2, 0.25) is 10.0 Å². The van der Waals surface area contributed by atoms with Crippen LogP contribution < -0.4 is 0 Å². The maximum absolute atomic E-state index is 6.49. The topological polar surface area (TPSA) is 12.5 Å². The van der Waals surface area contributed by atoms with E-state index in [-0.39, 0.29) is 12.0 Å². The fourth-order valence-electron chi connectivity index (χ4n) is 4.06. The van der Waals surface area contributed by atoms with Gasteiger partial charge in [-0.15, -0.1) is 0 Å². The second-order valence-electron chi connectivity index (χ2n) is 7.59. The van der Waals surface area contributed by atoms with E-state index in [1.807, 2.05) is 18.2 Å². The van der Waals surface area contributed by atoms with Crippen LogP contribution in [0, 0.1) is 0 Å². The number of nitrogens with zero attached hydrogens (tertiary/aromatic N) is 1. The van der Waals surface area contributed by atoms with E-state index in [0.717, 1.165) is 43.2 Å². The van der Waals surface area contributed by atoms with Crippen LogP contribution in [-0.4, -0.2) is 30.7 Å². The normalized spacial score (nSPS) is 18.5. The van der Waals surface area contributed by atoms with Crippen molar-refractivity contribution in [2.75, 3.05) is 19.7 Å². The lowest BCUT2D eigenvalue weighted by Crippen LogP contribution is -2.45. The van der Waals surface area contributed by atoms with Crippen LogP contribution in [0.4, 0.5) is 0 Å². The van der Waals surface area contributed by atoms with Crippen molar-refractivity contribution in [1.82, 2.24) is 4.90 Å². The molecular weight excluding hydrogens is 401 g/mol. The second-order valence-corrected chi connectivity index (χ2v) is 8.43. The summed E-state index contributed by atoms with van der Waals surface area (Å²) in [6, 6.07) is 26.9. The van der Waals surface area contributed by atoms with Crippen molar-refractivity contribution in [3.63, 3.8) is 0 Å². The Labute approximate surface area is 183 Å². The van der Waals surface area contributed by atoms with Gasteiger partial charge in [-0.25, -0.2) is 0 Å². The first-order valence-electron chi connectivity index (χ1n) is 10.1. The number of rotatable bonds is 6. The number of hydrogen-bond donors (Lipinski definition) is 0. The summed E-state index contributed by atoms with van der Waals surface area (Å²) in [5.41, 5.74) is 3.68. The number of benzene rings is 3. The minimum atomic E-state index is 0.102. The molecule has 1 saturated heterocycles. The van der Waals surface area contributed by atoms with Crippen LogP contribution in [0.25, 0.3) is 0 Å². The predicted molar refractivity (Wildman–Crippen MR) is 121 cm³/mol. The van der Waals surface area contributed by atoms with Gasteiger partial charge in [-0.3, -0.25) is 4.90 Å². The Morgan fingerprint density at radius 1 is 0.931 bits per heavy atom. The van der Waals surface area contributed by atoms with Gasteiger partial charge in [0.05, 0.1) is 12.7 Å². The zero-order valence-electron chi connectivity index (χ0n) is 16.3. The maximum atomic E-state index is 6.49. The summed E-state index contributed by atoms with van der Waals surface area (Å²) >= 11 is 12.7. The Morgan fingerprint density at radius 3 is 2.41 bits per heavy atom. The molecule has 1 heterocycles. The van der Waals surface area contributed by atoms with Crippen molar-refractivity contribution < 1.29 is 4.74 Å². The highest BCUT2D eigenvalue weighted by Crippen LogP contribution is 2.32. The van der Waals surface area contributed by atoms with Gasteiger partial charge in [0, 0.05) is 35.6 Å². The van der Waals surface area contributed by atoms with E-state index in [1.165, 1.54) is 11.1 Å². The molecule has 1 unspecified atom stereocenters. The molecule has 4 rings (SSSR count). The lowest BCUT2D eigenvalue weighted by Gasteiger charge is -2.37. The summed E-state index contributed by atoms with van der Waals surface area (Å²) < 4.78 is 6.29. The maximum Gasteiger partial charge on any atom is 0.0774 e. The zero-order chi connectivity index (χ0) is 20.1. The fourth-order valence-corrected chi connectivity index (χ4v) is 4.45. The molecule has 4 heteroatoms. The highest BCUT2D eigenvalue weighted by Gasteiger charge is 2.30. The molecule has 3 aromatic carbocycles. The van der Waals surface area contributed by atoms with Crippen LogP contribution in [-0.2, 0) is 17.7 Å². The number of ether oxygens (including phenoxy) is 1. The van der Waals surface area contributed by atoms with Crippen LogP contribution >= 0.6 is 23.2 Å². The van der Waals surface area contributed by atoms with Gasteiger partial charge in [0.25, 0.3) is 0 Å². The molecule has 1 fully saturated rings. The van der Waals surface area contributed by atoms with E-state index in [4.69, 9.17) is 27.9 Å². The van der Waals surface area contributed by atoms with E-state index in [0.29, 0.717) is 5.02 Å². The molecule has 0 aliphatic carbocycles. The van der Waals surface area contributed by atoms with Crippen molar-refractivity contribution in [1.29, 1.82) is 0 Å². The van der Waals surface area contributed by atoms with Crippen LogP contribution in [0.15, 0.2) is 78.9 Å². The van der Waals surface area contributed by atoms with E-state index < -0.39 is 0 Å². The van der Waals surface area contributed by atoms with Crippen molar-refractivity contribution >= 4 is 23.2 Å². The third kappa shape index (κ3) is 5.40. The van der Waals surface area contributed by atoms with Gasteiger partial charge >= 0.3 is 0 Å². The first kappa shape index (κ1) is 20.4. The fraction of sp³-hybridized carbons (Fsp3) is 0.280. The molecule has 1 aliphatic rings. The van der Waals surface area contributed by atoms with Gasteiger partial charge in [-0.1, -0.05) is 83.9 Å². The third-order valence-corrected chi connectivity index (χ3v) is 6.15. The quantitative estimate of drug-likeness (QED) is 0.464. The average molecular weight is 426 g/mol. The molecule has 0 bridgehead atoms. The van der Waals surface area contributed by atoms with Gasteiger partial charge in [0.15, 0.2) is 0 Å². The largest absolute Gasteiger partial charge is 0.375 e. The van der Waals surface area contributed by atoms with Gasteiger partial charge in [-0.05, 0) is 41.3 Å². The van der Waals surface area contributed by atoms with Gasteiger partial charge in [0.1, 0.15) is 0 Å². The summed E-state index contributed by atoms with van der Waals surface area (Å²) in [6.07, 6.45) is 0.901. The molecular formula is C25H25Cl2NO. The number of morpholine rings is 1. The molecule has 2 atom stereocenters. The van der Waals surface area contributed by atoms with E-state index in [1.54, 1.807) is 0 Å². The lowest BCUT2D eigenvalue weighted by atomic mass is 9.86. The molecule has 1 aliphatic heterocycles. The number of hydrogen-bond acceptors (Lipinski definition) is 2. The number of halogens is 2. The third-order valence-electron chi connectivity index (χ3n) is 5.55. The Morgan fingerprint density at radius 2 is 1.66 bits per heavy atom. The second kappa shape index (κ2) is 9.77. The Hall–Kier alpha value is -1.84. The molecule has 3 aromatic rings. The van der Waals surface area contributed by atoms with E-state index in [9.17, 15) is 0 Å². The monoisotopic (exact) mass is 425 g/mol.